The monoisotopic (exact) mass is 540 g/mol. The first-order valence-electron chi connectivity index (χ1n) is 14.3. The fourth-order valence-electron chi connectivity index (χ4n) is 6.03. The number of nitrogens with zero attached hydrogens (tertiary/aromatic N) is 4. The van der Waals surface area contributed by atoms with E-state index in [2.05, 4.69) is 33.4 Å². The Balaban J connectivity index is 1.33. The molecule has 9 heteroatoms. The molecule has 3 saturated heterocycles. The third-order valence-corrected chi connectivity index (χ3v) is 8.58. The van der Waals surface area contributed by atoms with Crippen LogP contribution in [0.4, 0.5) is 22.0 Å². The van der Waals surface area contributed by atoms with Crippen LogP contribution in [0, 0.1) is 11.7 Å². The number of nitrogens with one attached hydrogen (secondary N) is 2. The van der Waals surface area contributed by atoms with E-state index in [1.54, 1.807) is 0 Å². The van der Waals surface area contributed by atoms with Crippen LogP contribution in [-0.2, 0) is 10.2 Å². The molecule has 1 aromatic carbocycles. The van der Waals surface area contributed by atoms with Crippen molar-refractivity contribution >= 4 is 34.9 Å². The van der Waals surface area contributed by atoms with Crippen molar-refractivity contribution in [2.45, 2.75) is 63.7 Å². The fourth-order valence-corrected chi connectivity index (χ4v) is 6.19. The summed E-state index contributed by atoms with van der Waals surface area (Å²) in [5.74, 6) is 2.93. The quantitative estimate of drug-likeness (QED) is 0.481. The largest absolute Gasteiger partial charge is 0.381 e. The van der Waals surface area contributed by atoms with E-state index in [1.165, 1.54) is 50.7 Å². The van der Waals surface area contributed by atoms with Crippen molar-refractivity contribution in [3.8, 4) is 0 Å². The minimum Gasteiger partial charge on any atom is -0.381 e. The van der Waals surface area contributed by atoms with Crippen molar-refractivity contribution in [1.82, 2.24) is 15.3 Å². The Kier molecular flexibility index (Phi) is 8.94. The van der Waals surface area contributed by atoms with Gasteiger partial charge in [0, 0.05) is 57.4 Å². The van der Waals surface area contributed by atoms with Gasteiger partial charge < -0.3 is 25.2 Å². The Morgan fingerprint density at radius 2 is 1.66 bits per heavy atom. The maximum absolute atomic E-state index is 13.6. The van der Waals surface area contributed by atoms with Crippen LogP contribution in [0.15, 0.2) is 30.3 Å². The lowest BCUT2D eigenvalue weighted by Crippen LogP contribution is -2.45. The SMILES string of the molecule is CC1CCCN(c2cc(N3CCCCCC3)nc(NC(=S)NCC3(c4ccc(F)cc4)CCOCC3)n2)C1. The van der Waals surface area contributed by atoms with E-state index in [9.17, 15) is 4.39 Å². The van der Waals surface area contributed by atoms with Crippen LogP contribution < -0.4 is 20.4 Å². The van der Waals surface area contributed by atoms with Crippen LogP contribution >= 0.6 is 12.2 Å². The summed E-state index contributed by atoms with van der Waals surface area (Å²) >= 11 is 5.74. The van der Waals surface area contributed by atoms with Crippen molar-refractivity contribution < 1.29 is 9.13 Å². The van der Waals surface area contributed by atoms with Crippen LogP contribution in [0.3, 0.4) is 0 Å². The first-order valence-corrected chi connectivity index (χ1v) is 14.7. The molecule has 1 aromatic heterocycles. The molecule has 4 heterocycles. The Morgan fingerprint density at radius 1 is 1.00 bits per heavy atom. The van der Waals surface area contributed by atoms with Crippen LogP contribution in [0.2, 0.25) is 0 Å². The van der Waals surface area contributed by atoms with Gasteiger partial charge in [-0.25, -0.2) is 4.39 Å². The lowest BCUT2D eigenvalue weighted by molar-refractivity contribution is 0.0515. The van der Waals surface area contributed by atoms with Gasteiger partial charge in [-0.05, 0) is 74.4 Å². The molecule has 0 bridgehead atoms. The second-order valence-electron chi connectivity index (χ2n) is 11.2. The van der Waals surface area contributed by atoms with Crippen LogP contribution in [0.1, 0.15) is 63.9 Å². The van der Waals surface area contributed by atoms with E-state index in [4.69, 9.17) is 26.9 Å². The highest BCUT2D eigenvalue weighted by Crippen LogP contribution is 2.34. The standard InChI is InChI=1S/C29H41FN6OS/c1-22-7-6-16-36(20-22)26-19-25(35-14-4-2-3-5-15-35)32-27(33-26)34-28(38)31-21-29(12-17-37-18-13-29)23-8-10-24(30)11-9-23/h8-11,19,22H,2-7,12-18,20-21H2,1H3,(H2,31,32,33,34,38). The van der Waals surface area contributed by atoms with E-state index < -0.39 is 0 Å². The summed E-state index contributed by atoms with van der Waals surface area (Å²) < 4.78 is 19.3. The van der Waals surface area contributed by atoms with Gasteiger partial charge in [0.25, 0.3) is 0 Å². The summed E-state index contributed by atoms with van der Waals surface area (Å²) in [7, 11) is 0. The predicted octanol–water partition coefficient (Wildman–Crippen LogP) is 5.27. The molecule has 7 nitrogen and oxygen atoms in total. The average Bonchev–Trinajstić information content (AvgIpc) is 3.23. The molecule has 38 heavy (non-hydrogen) atoms. The van der Waals surface area contributed by atoms with E-state index in [0.29, 0.717) is 36.7 Å². The number of hydrogen-bond donors (Lipinski definition) is 2. The first kappa shape index (κ1) is 27.1. The van der Waals surface area contributed by atoms with Gasteiger partial charge in [-0.1, -0.05) is 31.9 Å². The maximum atomic E-state index is 13.6. The molecule has 3 aliphatic heterocycles. The number of hydrogen-bond acceptors (Lipinski definition) is 6. The zero-order valence-electron chi connectivity index (χ0n) is 22.6. The molecular formula is C29H41FN6OS. The van der Waals surface area contributed by atoms with Gasteiger partial charge in [0.05, 0.1) is 0 Å². The Bertz CT molecular complexity index is 1050. The van der Waals surface area contributed by atoms with Crippen molar-refractivity contribution in [1.29, 1.82) is 0 Å². The van der Waals surface area contributed by atoms with Crippen LogP contribution in [-0.4, -0.2) is 61.0 Å². The third-order valence-electron chi connectivity index (χ3n) is 8.33. The summed E-state index contributed by atoms with van der Waals surface area (Å²) in [4.78, 5) is 14.6. The average molecular weight is 541 g/mol. The molecule has 0 radical (unpaired) electrons. The highest BCUT2D eigenvalue weighted by Gasteiger charge is 2.34. The van der Waals surface area contributed by atoms with Crippen LogP contribution in [0.25, 0.3) is 0 Å². The zero-order valence-corrected chi connectivity index (χ0v) is 23.4. The summed E-state index contributed by atoms with van der Waals surface area (Å²) in [6, 6.07) is 9.01. The van der Waals surface area contributed by atoms with E-state index in [1.807, 2.05) is 12.1 Å². The molecule has 3 fully saturated rings. The molecule has 5 rings (SSSR count). The topological polar surface area (TPSA) is 65.5 Å². The van der Waals surface area contributed by atoms with E-state index >= 15 is 0 Å². The smallest absolute Gasteiger partial charge is 0.232 e. The number of ether oxygens (including phenoxy) is 1. The van der Waals surface area contributed by atoms with Gasteiger partial charge in [0.2, 0.25) is 5.95 Å². The molecule has 206 valence electrons. The second kappa shape index (κ2) is 12.6. The number of halogens is 1. The summed E-state index contributed by atoms with van der Waals surface area (Å²) in [6.07, 6.45) is 9.09. The maximum Gasteiger partial charge on any atom is 0.232 e. The summed E-state index contributed by atoms with van der Waals surface area (Å²) in [5, 5.41) is 7.24. The van der Waals surface area contributed by atoms with Gasteiger partial charge in [0.1, 0.15) is 17.5 Å². The van der Waals surface area contributed by atoms with Gasteiger partial charge in [-0.15, -0.1) is 0 Å². The molecule has 1 atom stereocenters. The molecule has 2 N–H and O–H groups in total. The number of aromatic nitrogens is 2. The Hall–Kier alpha value is -2.52. The highest BCUT2D eigenvalue weighted by atomic mass is 32.1. The Morgan fingerprint density at radius 3 is 2.34 bits per heavy atom. The van der Waals surface area contributed by atoms with E-state index in [-0.39, 0.29) is 11.2 Å². The molecule has 1 unspecified atom stereocenters. The Labute approximate surface area is 231 Å². The first-order chi connectivity index (χ1) is 18.5. The van der Waals surface area contributed by atoms with E-state index in [0.717, 1.165) is 56.2 Å². The number of thiocarbonyl (C=S) groups is 1. The summed E-state index contributed by atoms with van der Waals surface area (Å²) in [6.45, 7) is 8.39. The molecule has 3 aliphatic rings. The molecule has 0 aliphatic carbocycles. The molecular weight excluding hydrogens is 499 g/mol. The molecule has 2 aromatic rings. The number of piperidine rings is 1. The molecule has 0 amide bonds. The van der Waals surface area contributed by atoms with Gasteiger partial charge in [-0.2, -0.15) is 9.97 Å². The van der Waals surface area contributed by atoms with Gasteiger partial charge in [-0.3, -0.25) is 0 Å². The highest BCUT2D eigenvalue weighted by molar-refractivity contribution is 7.80. The zero-order chi connectivity index (χ0) is 26.4. The lowest BCUT2D eigenvalue weighted by atomic mass is 9.74. The minimum atomic E-state index is -0.221. The van der Waals surface area contributed by atoms with Crippen molar-refractivity contribution in [2.75, 3.05) is 61.1 Å². The number of anilines is 3. The van der Waals surface area contributed by atoms with Crippen LogP contribution in [0.5, 0.6) is 0 Å². The third kappa shape index (κ3) is 6.72. The molecule has 0 saturated carbocycles. The molecule has 0 spiro atoms. The normalized spacial score (nSPS) is 22.0. The van der Waals surface area contributed by atoms with Gasteiger partial charge >= 0.3 is 0 Å². The summed E-state index contributed by atoms with van der Waals surface area (Å²) in [5.41, 5.74) is 0.945. The number of rotatable bonds is 6. The van der Waals surface area contributed by atoms with Crippen molar-refractivity contribution in [3.63, 3.8) is 0 Å². The van der Waals surface area contributed by atoms with Gasteiger partial charge in [0.15, 0.2) is 5.11 Å². The lowest BCUT2D eigenvalue weighted by Gasteiger charge is -2.38. The minimum absolute atomic E-state index is 0.165. The fraction of sp³-hybridized carbons (Fsp3) is 0.621. The predicted molar refractivity (Wildman–Crippen MR) is 156 cm³/mol. The van der Waals surface area contributed by atoms with Crippen molar-refractivity contribution in [2.24, 2.45) is 5.92 Å². The number of benzene rings is 1. The van der Waals surface area contributed by atoms with Crippen molar-refractivity contribution in [3.05, 3.63) is 41.7 Å². The second-order valence-corrected chi connectivity index (χ2v) is 11.6.